The van der Waals surface area contributed by atoms with E-state index in [0.717, 1.165) is 5.56 Å². The molecule has 1 rings (SSSR count). The van der Waals surface area contributed by atoms with E-state index in [4.69, 9.17) is 5.73 Å². The van der Waals surface area contributed by atoms with Crippen LogP contribution in [-0.2, 0) is 0 Å². The number of hydrogen-bond donors (Lipinski definition) is 1. The van der Waals surface area contributed by atoms with Gasteiger partial charge in [0.25, 0.3) is 0 Å². The number of alkyl halides is 4. The second-order valence-corrected chi connectivity index (χ2v) is 5.65. The Morgan fingerprint density at radius 1 is 0.950 bits per heavy atom. The minimum Gasteiger partial charge on any atom is -0.319 e. The molecule has 2 N–H and O–H groups in total. The van der Waals surface area contributed by atoms with Gasteiger partial charge in [0.15, 0.2) is 0 Å². The largest absolute Gasteiger partial charge is 0.326 e. The first-order chi connectivity index (χ1) is 9.09. The monoisotopic (exact) mass is 291 g/mol. The zero-order valence-corrected chi connectivity index (χ0v) is 12.1. The minimum atomic E-state index is -4.23. The van der Waals surface area contributed by atoms with Gasteiger partial charge in [0.2, 0.25) is 0 Å². The lowest BCUT2D eigenvalue weighted by molar-refractivity contribution is -0.144. The van der Waals surface area contributed by atoms with Crippen LogP contribution in [-0.4, -0.2) is 12.3 Å². The fourth-order valence-electron chi connectivity index (χ4n) is 2.08. The van der Waals surface area contributed by atoms with Crippen LogP contribution in [0.5, 0.6) is 0 Å². The van der Waals surface area contributed by atoms with E-state index >= 15 is 0 Å². The van der Waals surface area contributed by atoms with Crippen molar-refractivity contribution in [3.05, 3.63) is 34.9 Å². The van der Waals surface area contributed by atoms with Crippen LogP contribution in [0.25, 0.3) is 0 Å². The normalized spacial score (nSPS) is 14.4. The van der Waals surface area contributed by atoms with Crippen LogP contribution in [0.15, 0.2) is 18.2 Å². The Kier molecular flexibility index (Phi) is 5.19. The van der Waals surface area contributed by atoms with Crippen LogP contribution in [0.1, 0.15) is 62.3 Å². The van der Waals surface area contributed by atoms with E-state index in [0.29, 0.717) is 5.56 Å². The summed E-state index contributed by atoms with van der Waals surface area (Å²) in [6, 6.07) is 2.91. The summed E-state index contributed by atoms with van der Waals surface area (Å²) in [5, 5.41) is 0. The van der Waals surface area contributed by atoms with Gasteiger partial charge in [0.1, 0.15) is 6.04 Å². The topological polar surface area (TPSA) is 26.0 Å². The Balaban J connectivity index is 3.31. The number of halogens is 4. The molecule has 1 aromatic rings. The molecule has 1 unspecified atom stereocenters. The average Bonchev–Trinajstić information content (AvgIpc) is 2.36. The molecule has 0 aromatic heterocycles. The predicted molar refractivity (Wildman–Crippen MR) is 72.5 cm³/mol. The Hall–Kier alpha value is -1.10. The summed E-state index contributed by atoms with van der Waals surface area (Å²) >= 11 is 0. The first-order valence-corrected chi connectivity index (χ1v) is 6.64. The lowest BCUT2D eigenvalue weighted by Gasteiger charge is -2.26. The van der Waals surface area contributed by atoms with Crippen molar-refractivity contribution in [3.8, 4) is 0 Å². The summed E-state index contributed by atoms with van der Waals surface area (Å²) in [6.45, 7) is 7.62. The van der Waals surface area contributed by atoms with Crippen molar-refractivity contribution in [1.29, 1.82) is 0 Å². The van der Waals surface area contributed by atoms with Crippen molar-refractivity contribution in [2.45, 2.75) is 57.9 Å². The van der Waals surface area contributed by atoms with Crippen molar-refractivity contribution in [2.75, 3.05) is 0 Å². The van der Waals surface area contributed by atoms with Gasteiger partial charge in [0.05, 0.1) is 0 Å². The zero-order valence-electron chi connectivity index (χ0n) is 12.1. The van der Waals surface area contributed by atoms with E-state index in [-0.39, 0.29) is 17.4 Å². The molecule has 1 nitrogen and oxygen atoms in total. The molecule has 0 heterocycles. The molecule has 20 heavy (non-hydrogen) atoms. The predicted octanol–water partition coefficient (Wildman–Crippen LogP) is 4.83. The first-order valence-electron chi connectivity index (χ1n) is 6.64. The van der Waals surface area contributed by atoms with Gasteiger partial charge in [-0.25, -0.2) is 8.78 Å². The van der Waals surface area contributed by atoms with Crippen LogP contribution in [0.2, 0.25) is 0 Å². The Bertz CT molecular complexity index is 455. The number of rotatable bonds is 5. The molecule has 5 heteroatoms. The van der Waals surface area contributed by atoms with Crippen LogP contribution < -0.4 is 5.73 Å². The summed E-state index contributed by atoms with van der Waals surface area (Å²) < 4.78 is 51.8. The van der Waals surface area contributed by atoms with Gasteiger partial charge >= 0.3 is 12.3 Å². The van der Waals surface area contributed by atoms with Crippen LogP contribution >= 0.6 is 0 Å². The van der Waals surface area contributed by atoms with Crippen LogP contribution in [0, 0.1) is 0 Å². The highest BCUT2D eigenvalue weighted by Crippen LogP contribution is 2.38. The second kappa shape index (κ2) is 6.12. The first kappa shape index (κ1) is 17.0. The fourth-order valence-corrected chi connectivity index (χ4v) is 2.08. The summed E-state index contributed by atoms with van der Waals surface area (Å²) in [4.78, 5) is 0. The van der Waals surface area contributed by atoms with Gasteiger partial charge in [-0.15, -0.1) is 0 Å². The molecule has 114 valence electrons. The van der Waals surface area contributed by atoms with Crippen molar-refractivity contribution in [2.24, 2.45) is 5.73 Å². The Labute approximate surface area is 117 Å². The van der Waals surface area contributed by atoms with Gasteiger partial charge in [-0.3, -0.25) is 0 Å². The summed E-state index contributed by atoms with van der Waals surface area (Å²) in [6.07, 6.45) is -3.78. The fraction of sp³-hybridized carbons (Fsp3) is 0.600. The highest BCUT2D eigenvalue weighted by Gasteiger charge is 2.48. The third kappa shape index (κ3) is 3.32. The maximum Gasteiger partial charge on any atom is 0.326 e. The van der Waals surface area contributed by atoms with E-state index in [1.165, 1.54) is 6.07 Å². The Morgan fingerprint density at radius 3 is 1.90 bits per heavy atom. The molecule has 0 aliphatic carbocycles. The molecular weight excluding hydrogens is 270 g/mol. The standard InChI is InChI=1S/C15H21F4N/c1-8(2)10-5-6-11(12(7-10)9(3)4)13(20)15(18,19)14(16)17/h5-9,13-14H,20H2,1-4H3. The van der Waals surface area contributed by atoms with Crippen molar-refractivity contribution in [3.63, 3.8) is 0 Å². The summed E-state index contributed by atoms with van der Waals surface area (Å²) in [7, 11) is 0. The van der Waals surface area contributed by atoms with Crippen LogP contribution in [0.4, 0.5) is 17.6 Å². The minimum absolute atomic E-state index is 0.0665. The molecule has 0 aliphatic rings. The molecule has 0 bridgehead atoms. The number of hydrogen-bond acceptors (Lipinski definition) is 1. The molecule has 0 aliphatic heterocycles. The van der Waals surface area contributed by atoms with Crippen molar-refractivity contribution >= 4 is 0 Å². The maximum atomic E-state index is 13.5. The third-order valence-corrected chi connectivity index (χ3v) is 3.44. The molecule has 1 atom stereocenters. The molecule has 0 radical (unpaired) electrons. The van der Waals surface area contributed by atoms with Crippen molar-refractivity contribution < 1.29 is 17.6 Å². The lowest BCUT2D eigenvalue weighted by Crippen LogP contribution is -2.40. The molecule has 0 fully saturated rings. The third-order valence-electron chi connectivity index (χ3n) is 3.44. The van der Waals surface area contributed by atoms with Gasteiger partial charge in [-0.05, 0) is 28.5 Å². The summed E-state index contributed by atoms with van der Waals surface area (Å²) in [5.74, 6) is -4.07. The quantitative estimate of drug-likeness (QED) is 0.772. The van der Waals surface area contributed by atoms with Crippen LogP contribution in [0.3, 0.4) is 0 Å². The van der Waals surface area contributed by atoms with E-state index in [1.54, 1.807) is 12.1 Å². The molecule has 0 saturated carbocycles. The van der Waals surface area contributed by atoms with Gasteiger partial charge in [-0.2, -0.15) is 8.78 Å². The molecule has 0 amide bonds. The van der Waals surface area contributed by atoms with Gasteiger partial charge < -0.3 is 5.73 Å². The van der Waals surface area contributed by atoms with Crippen molar-refractivity contribution in [1.82, 2.24) is 0 Å². The molecule has 0 spiro atoms. The lowest BCUT2D eigenvalue weighted by atomic mass is 9.87. The molecule has 1 aromatic carbocycles. The second-order valence-electron chi connectivity index (χ2n) is 5.65. The summed E-state index contributed by atoms with van der Waals surface area (Å²) in [5.41, 5.74) is 7.08. The molecule has 0 saturated heterocycles. The molecular formula is C15H21F4N. The zero-order chi connectivity index (χ0) is 15.7. The number of benzene rings is 1. The number of nitrogens with two attached hydrogens (primary N) is 1. The maximum absolute atomic E-state index is 13.5. The van der Waals surface area contributed by atoms with E-state index in [9.17, 15) is 17.6 Å². The smallest absolute Gasteiger partial charge is 0.319 e. The van der Waals surface area contributed by atoms with E-state index < -0.39 is 18.4 Å². The van der Waals surface area contributed by atoms with E-state index in [2.05, 4.69) is 0 Å². The highest BCUT2D eigenvalue weighted by molar-refractivity contribution is 5.38. The van der Waals surface area contributed by atoms with Gasteiger partial charge in [0, 0.05) is 0 Å². The highest BCUT2D eigenvalue weighted by atomic mass is 19.3. The van der Waals surface area contributed by atoms with E-state index in [1.807, 2.05) is 27.7 Å². The van der Waals surface area contributed by atoms with Gasteiger partial charge in [-0.1, -0.05) is 45.9 Å². The Morgan fingerprint density at radius 2 is 1.50 bits per heavy atom. The SMILES string of the molecule is CC(C)c1ccc(C(N)C(F)(F)C(F)F)c(C(C)C)c1. The average molecular weight is 291 g/mol.